The zero-order valence-electron chi connectivity index (χ0n) is 24.5. The zero-order valence-corrected chi connectivity index (χ0v) is 24.5. The van der Waals surface area contributed by atoms with Crippen molar-refractivity contribution in [2.75, 3.05) is 19.7 Å². The number of esters is 1. The molecule has 9 nitrogen and oxygen atoms in total. The number of fused-ring (bicyclic) bond motifs is 3. The van der Waals surface area contributed by atoms with E-state index in [0.29, 0.717) is 38.8 Å². The Bertz CT molecular complexity index is 1300. The van der Waals surface area contributed by atoms with Crippen LogP contribution in [0.1, 0.15) is 61.1 Å². The van der Waals surface area contributed by atoms with Gasteiger partial charge in [0.1, 0.15) is 19.3 Å². The summed E-state index contributed by atoms with van der Waals surface area (Å²) in [4.78, 5) is 38.2. The lowest BCUT2D eigenvalue weighted by molar-refractivity contribution is -0.147. The predicted molar refractivity (Wildman–Crippen MR) is 166 cm³/mol. The van der Waals surface area contributed by atoms with Gasteiger partial charge in [0.15, 0.2) is 0 Å². The van der Waals surface area contributed by atoms with Crippen LogP contribution >= 0.6 is 0 Å². The Hall–Kier alpha value is -4.21. The third kappa shape index (κ3) is 9.14. The van der Waals surface area contributed by atoms with Gasteiger partial charge in [0.2, 0.25) is 5.91 Å². The molecule has 9 heteroatoms. The zero-order chi connectivity index (χ0) is 30.4. The van der Waals surface area contributed by atoms with Crippen LogP contribution in [-0.2, 0) is 25.7 Å². The van der Waals surface area contributed by atoms with Gasteiger partial charge in [0.05, 0.1) is 6.04 Å². The molecule has 0 unspecified atom stereocenters. The second-order valence-corrected chi connectivity index (χ2v) is 10.8. The number of benzene rings is 3. The van der Waals surface area contributed by atoms with Crippen LogP contribution in [0.3, 0.4) is 0 Å². The number of carbonyl (C=O) groups excluding carboxylic acids is 3. The SMILES string of the molecule is NCCCC[C@H](N)C(=O)NCCCC[C@H](NC(=O)OCC1c2ccccc2-c2ccccc21)C(=O)OCc1ccccc1. The second-order valence-electron chi connectivity index (χ2n) is 10.8. The number of unbranched alkanes of at least 4 members (excludes halogenated alkanes) is 2. The van der Waals surface area contributed by atoms with Crippen LogP contribution in [-0.4, -0.2) is 49.7 Å². The Morgan fingerprint density at radius 2 is 1.40 bits per heavy atom. The minimum Gasteiger partial charge on any atom is -0.459 e. The molecule has 228 valence electrons. The summed E-state index contributed by atoms with van der Waals surface area (Å²) in [6.07, 6.45) is 3.05. The van der Waals surface area contributed by atoms with Crippen LogP contribution in [0.15, 0.2) is 78.9 Å². The third-order valence-corrected chi connectivity index (χ3v) is 7.67. The second kappa shape index (κ2) is 16.4. The fourth-order valence-electron chi connectivity index (χ4n) is 5.32. The van der Waals surface area contributed by atoms with E-state index in [-0.39, 0.29) is 25.0 Å². The van der Waals surface area contributed by atoms with Crippen molar-refractivity contribution in [2.45, 2.75) is 63.1 Å². The van der Waals surface area contributed by atoms with Crippen molar-refractivity contribution >= 4 is 18.0 Å². The molecular formula is C34H42N4O5. The highest BCUT2D eigenvalue weighted by Gasteiger charge is 2.30. The van der Waals surface area contributed by atoms with E-state index in [1.807, 2.05) is 54.6 Å². The van der Waals surface area contributed by atoms with Crippen LogP contribution in [0.25, 0.3) is 11.1 Å². The predicted octanol–water partition coefficient (Wildman–Crippen LogP) is 4.38. The fourth-order valence-corrected chi connectivity index (χ4v) is 5.32. The third-order valence-electron chi connectivity index (χ3n) is 7.67. The van der Waals surface area contributed by atoms with Gasteiger partial charge in [-0.25, -0.2) is 9.59 Å². The molecule has 0 fully saturated rings. The summed E-state index contributed by atoms with van der Waals surface area (Å²) >= 11 is 0. The van der Waals surface area contributed by atoms with Gasteiger partial charge in [-0.2, -0.15) is 0 Å². The van der Waals surface area contributed by atoms with E-state index in [1.165, 1.54) is 0 Å². The molecule has 0 radical (unpaired) electrons. The Balaban J connectivity index is 1.30. The molecule has 3 aromatic rings. The van der Waals surface area contributed by atoms with Gasteiger partial charge in [-0.1, -0.05) is 85.3 Å². The van der Waals surface area contributed by atoms with Crippen molar-refractivity contribution in [1.29, 1.82) is 0 Å². The summed E-state index contributed by atoms with van der Waals surface area (Å²) in [7, 11) is 0. The number of amides is 2. The number of hydrogen-bond donors (Lipinski definition) is 4. The van der Waals surface area contributed by atoms with Crippen LogP contribution in [0.2, 0.25) is 0 Å². The maximum Gasteiger partial charge on any atom is 0.407 e. The van der Waals surface area contributed by atoms with Crippen molar-refractivity contribution in [1.82, 2.24) is 10.6 Å². The first kappa shape index (κ1) is 31.7. The molecular weight excluding hydrogens is 544 g/mol. The van der Waals surface area contributed by atoms with E-state index in [0.717, 1.165) is 40.7 Å². The Morgan fingerprint density at radius 1 is 0.767 bits per heavy atom. The molecule has 6 N–H and O–H groups in total. The molecule has 0 heterocycles. The van der Waals surface area contributed by atoms with Gasteiger partial charge >= 0.3 is 12.1 Å². The van der Waals surface area contributed by atoms with Gasteiger partial charge in [-0.3, -0.25) is 4.79 Å². The van der Waals surface area contributed by atoms with Crippen molar-refractivity contribution in [3.05, 3.63) is 95.6 Å². The number of hydrogen-bond acceptors (Lipinski definition) is 7. The first-order valence-electron chi connectivity index (χ1n) is 15.0. The standard InChI is InChI=1S/C34H42N4O5/c35-20-10-8-18-30(36)32(39)37-21-11-9-19-31(33(40)42-22-24-12-2-1-3-13-24)38-34(41)43-23-29-27-16-6-4-14-25(27)26-15-5-7-17-28(26)29/h1-7,12-17,29-31H,8-11,18-23,35-36H2,(H,37,39)(H,38,41)/t30-,31-/m0/s1. The van der Waals surface area contributed by atoms with E-state index in [1.54, 1.807) is 0 Å². The number of rotatable bonds is 16. The Labute approximate surface area is 253 Å². The topological polar surface area (TPSA) is 146 Å². The monoisotopic (exact) mass is 586 g/mol. The van der Waals surface area contributed by atoms with Gasteiger partial charge < -0.3 is 31.6 Å². The highest BCUT2D eigenvalue weighted by Crippen LogP contribution is 2.44. The summed E-state index contributed by atoms with van der Waals surface area (Å²) in [5, 5.41) is 5.56. The molecule has 0 saturated heterocycles. The molecule has 3 aromatic carbocycles. The molecule has 2 amide bonds. The smallest absolute Gasteiger partial charge is 0.407 e. The number of carbonyl (C=O) groups is 3. The van der Waals surface area contributed by atoms with Crippen molar-refractivity contribution in [3.8, 4) is 11.1 Å². The summed E-state index contributed by atoms with van der Waals surface area (Å²) in [6.45, 7) is 1.23. The fraction of sp³-hybridized carbons (Fsp3) is 0.382. The maximum absolute atomic E-state index is 13.0. The van der Waals surface area contributed by atoms with Gasteiger partial charge in [0.25, 0.3) is 0 Å². The number of alkyl carbamates (subject to hydrolysis) is 1. The molecule has 4 rings (SSSR count). The molecule has 0 spiro atoms. The minimum absolute atomic E-state index is 0.0908. The minimum atomic E-state index is -0.895. The molecule has 0 aliphatic heterocycles. The van der Waals surface area contributed by atoms with E-state index in [9.17, 15) is 14.4 Å². The van der Waals surface area contributed by atoms with E-state index >= 15 is 0 Å². The lowest BCUT2D eigenvalue weighted by Crippen LogP contribution is -2.43. The van der Waals surface area contributed by atoms with Crippen LogP contribution in [0, 0.1) is 0 Å². The summed E-state index contributed by atoms with van der Waals surface area (Å²) in [5.74, 6) is -0.831. The molecule has 0 bridgehead atoms. The molecule has 2 atom stereocenters. The molecule has 43 heavy (non-hydrogen) atoms. The van der Waals surface area contributed by atoms with Crippen molar-refractivity contribution in [2.24, 2.45) is 11.5 Å². The van der Waals surface area contributed by atoms with Crippen molar-refractivity contribution in [3.63, 3.8) is 0 Å². The van der Waals surface area contributed by atoms with Crippen LogP contribution < -0.4 is 22.1 Å². The summed E-state index contributed by atoms with van der Waals surface area (Å²) in [6, 6.07) is 24.1. The number of nitrogens with one attached hydrogen (secondary N) is 2. The van der Waals surface area contributed by atoms with E-state index in [4.69, 9.17) is 20.9 Å². The number of nitrogens with two attached hydrogens (primary N) is 2. The molecule has 1 aliphatic rings. The van der Waals surface area contributed by atoms with Crippen molar-refractivity contribution < 1.29 is 23.9 Å². The normalized spacial score (nSPS) is 13.3. The van der Waals surface area contributed by atoms with E-state index < -0.39 is 24.1 Å². The van der Waals surface area contributed by atoms with Gasteiger partial charge in [-0.05, 0) is 66.5 Å². The van der Waals surface area contributed by atoms with Gasteiger partial charge in [0, 0.05) is 12.5 Å². The molecule has 0 aromatic heterocycles. The highest BCUT2D eigenvalue weighted by atomic mass is 16.6. The van der Waals surface area contributed by atoms with Gasteiger partial charge in [-0.15, -0.1) is 0 Å². The maximum atomic E-state index is 13.0. The largest absolute Gasteiger partial charge is 0.459 e. The summed E-state index contributed by atoms with van der Waals surface area (Å²) < 4.78 is 11.2. The average molecular weight is 587 g/mol. The first-order valence-corrected chi connectivity index (χ1v) is 15.0. The van der Waals surface area contributed by atoms with Crippen LogP contribution in [0.5, 0.6) is 0 Å². The number of ether oxygens (including phenoxy) is 2. The Morgan fingerprint density at radius 3 is 2.07 bits per heavy atom. The van der Waals surface area contributed by atoms with Crippen LogP contribution in [0.4, 0.5) is 4.79 Å². The molecule has 1 aliphatic carbocycles. The highest BCUT2D eigenvalue weighted by molar-refractivity contribution is 5.82. The lowest BCUT2D eigenvalue weighted by Gasteiger charge is -2.19. The quantitative estimate of drug-likeness (QED) is 0.144. The summed E-state index contributed by atoms with van der Waals surface area (Å²) in [5.41, 5.74) is 16.8. The van der Waals surface area contributed by atoms with E-state index in [2.05, 4.69) is 34.9 Å². The average Bonchev–Trinajstić information content (AvgIpc) is 3.35. The Kier molecular flexibility index (Phi) is 12.1. The first-order chi connectivity index (χ1) is 21.0. The molecule has 0 saturated carbocycles. The lowest BCUT2D eigenvalue weighted by atomic mass is 9.98.